The fourth-order valence-corrected chi connectivity index (χ4v) is 3.69. The molecule has 25 heavy (non-hydrogen) atoms. The largest absolute Gasteiger partial charge is 0.356 e. The maximum Gasteiger partial charge on any atom is 0.166 e. The second-order valence-corrected chi connectivity index (χ2v) is 7.75. The highest BCUT2D eigenvalue weighted by atomic mass is 79.9. The first kappa shape index (κ1) is 16.7. The number of hydrogen-bond donors (Lipinski definition) is 0. The lowest BCUT2D eigenvalue weighted by Crippen LogP contribution is -2.44. The molecule has 2 aromatic rings. The Morgan fingerprint density at radius 1 is 1.20 bits per heavy atom. The lowest BCUT2D eigenvalue weighted by Gasteiger charge is -2.37. The first-order valence-electron chi connectivity index (χ1n) is 8.73. The molecule has 132 valence electrons. The van der Waals surface area contributed by atoms with Crippen LogP contribution in [0, 0.1) is 5.82 Å². The van der Waals surface area contributed by atoms with Crippen LogP contribution in [-0.2, 0) is 0 Å². The number of pyridine rings is 1. The standard InChI is InChI=1S/C18H21BrFN5/c1-24(16-4-7-21-17(23-16)12-2-3-12)14-5-8-25(9-6-14)18-15(20)10-13(19)11-22-18/h4,7,10-12,14H,2-3,5-6,8-9H2,1H3. The van der Waals surface area contributed by atoms with Gasteiger partial charge in [0.05, 0.1) is 0 Å². The third-order valence-corrected chi connectivity index (χ3v) is 5.50. The Morgan fingerprint density at radius 3 is 2.64 bits per heavy atom. The zero-order chi connectivity index (χ0) is 17.4. The molecule has 0 aromatic carbocycles. The van der Waals surface area contributed by atoms with E-state index < -0.39 is 0 Å². The molecule has 2 fully saturated rings. The number of anilines is 2. The predicted octanol–water partition coefficient (Wildman–Crippen LogP) is 3.76. The Labute approximate surface area is 155 Å². The van der Waals surface area contributed by atoms with E-state index >= 15 is 0 Å². The van der Waals surface area contributed by atoms with E-state index in [4.69, 9.17) is 4.98 Å². The van der Waals surface area contributed by atoms with Crippen molar-refractivity contribution in [2.24, 2.45) is 0 Å². The maximum absolute atomic E-state index is 14.1. The van der Waals surface area contributed by atoms with Gasteiger partial charge >= 0.3 is 0 Å². The number of hydrogen-bond acceptors (Lipinski definition) is 5. The molecule has 1 aliphatic heterocycles. The summed E-state index contributed by atoms with van der Waals surface area (Å²) in [5.41, 5.74) is 0. The van der Waals surface area contributed by atoms with Crippen LogP contribution in [0.5, 0.6) is 0 Å². The van der Waals surface area contributed by atoms with Crippen LogP contribution in [0.15, 0.2) is 29.0 Å². The van der Waals surface area contributed by atoms with Gasteiger partial charge < -0.3 is 9.80 Å². The molecule has 0 unspecified atom stereocenters. The summed E-state index contributed by atoms with van der Waals surface area (Å²) in [5, 5.41) is 0. The summed E-state index contributed by atoms with van der Waals surface area (Å²) in [6.45, 7) is 1.59. The Morgan fingerprint density at radius 2 is 1.96 bits per heavy atom. The zero-order valence-corrected chi connectivity index (χ0v) is 15.8. The van der Waals surface area contributed by atoms with Crippen molar-refractivity contribution in [1.29, 1.82) is 0 Å². The molecule has 7 heteroatoms. The molecule has 0 bridgehead atoms. The monoisotopic (exact) mass is 405 g/mol. The highest BCUT2D eigenvalue weighted by molar-refractivity contribution is 9.10. The van der Waals surface area contributed by atoms with Gasteiger partial charge in [-0.1, -0.05) is 0 Å². The van der Waals surface area contributed by atoms with E-state index in [0.29, 0.717) is 22.3 Å². The van der Waals surface area contributed by atoms with Crippen molar-refractivity contribution in [3.63, 3.8) is 0 Å². The summed E-state index contributed by atoms with van der Waals surface area (Å²) >= 11 is 3.26. The van der Waals surface area contributed by atoms with Gasteiger partial charge in [-0.2, -0.15) is 0 Å². The quantitative estimate of drug-likeness (QED) is 0.774. The average molecular weight is 406 g/mol. The van der Waals surface area contributed by atoms with Crippen LogP contribution in [0.2, 0.25) is 0 Å². The van der Waals surface area contributed by atoms with E-state index in [1.807, 2.05) is 17.2 Å². The van der Waals surface area contributed by atoms with Crippen molar-refractivity contribution in [2.75, 3.05) is 29.9 Å². The molecule has 1 saturated carbocycles. The summed E-state index contributed by atoms with van der Waals surface area (Å²) in [5.74, 6) is 2.70. The molecule has 2 aliphatic rings. The minimum absolute atomic E-state index is 0.272. The van der Waals surface area contributed by atoms with Crippen molar-refractivity contribution in [3.8, 4) is 0 Å². The molecule has 0 amide bonds. The van der Waals surface area contributed by atoms with Crippen molar-refractivity contribution in [1.82, 2.24) is 15.0 Å². The van der Waals surface area contributed by atoms with Crippen molar-refractivity contribution >= 4 is 27.6 Å². The molecule has 0 spiro atoms. The van der Waals surface area contributed by atoms with Crippen molar-refractivity contribution < 1.29 is 4.39 Å². The summed E-state index contributed by atoms with van der Waals surface area (Å²) in [7, 11) is 2.10. The summed E-state index contributed by atoms with van der Waals surface area (Å²) < 4.78 is 14.8. The Bertz CT molecular complexity index is 759. The minimum atomic E-state index is -0.272. The van der Waals surface area contributed by atoms with Gasteiger partial charge in [-0.3, -0.25) is 0 Å². The van der Waals surface area contributed by atoms with Gasteiger partial charge in [0.15, 0.2) is 11.6 Å². The lowest BCUT2D eigenvalue weighted by atomic mass is 10.0. The molecule has 2 aromatic heterocycles. The number of rotatable bonds is 4. The van der Waals surface area contributed by atoms with Crippen LogP contribution in [-0.4, -0.2) is 41.1 Å². The number of halogens is 2. The lowest BCUT2D eigenvalue weighted by molar-refractivity contribution is 0.471. The molecule has 0 N–H and O–H groups in total. The van der Waals surface area contributed by atoms with Gasteiger partial charge in [0, 0.05) is 49.0 Å². The van der Waals surface area contributed by atoms with Crippen LogP contribution < -0.4 is 9.80 Å². The van der Waals surface area contributed by atoms with Gasteiger partial charge in [-0.25, -0.2) is 19.3 Å². The normalized spacial score (nSPS) is 18.4. The summed E-state index contributed by atoms with van der Waals surface area (Å²) in [6, 6.07) is 3.85. The third-order valence-electron chi connectivity index (χ3n) is 5.06. The molecule has 0 atom stereocenters. The van der Waals surface area contributed by atoms with Crippen LogP contribution >= 0.6 is 15.9 Å². The van der Waals surface area contributed by atoms with Crippen molar-refractivity contribution in [2.45, 2.75) is 37.6 Å². The highest BCUT2D eigenvalue weighted by Gasteiger charge is 2.29. The summed E-state index contributed by atoms with van der Waals surface area (Å²) in [6.07, 6.45) is 7.83. The number of aromatic nitrogens is 3. The molecule has 1 aliphatic carbocycles. The SMILES string of the molecule is CN(c1ccnc(C2CC2)n1)C1CCN(c2ncc(Br)cc2F)CC1. The van der Waals surface area contributed by atoms with Crippen LogP contribution in [0.1, 0.15) is 37.4 Å². The van der Waals surface area contributed by atoms with E-state index in [2.05, 4.69) is 37.8 Å². The van der Waals surface area contributed by atoms with Gasteiger partial charge in [0.2, 0.25) is 0 Å². The first-order chi connectivity index (χ1) is 12.1. The Balaban J connectivity index is 1.42. The highest BCUT2D eigenvalue weighted by Crippen LogP contribution is 2.38. The van der Waals surface area contributed by atoms with E-state index in [-0.39, 0.29) is 5.82 Å². The third kappa shape index (κ3) is 3.61. The molecule has 3 heterocycles. The molecular weight excluding hydrogens is 385 g/mol. The van der Waals surface area contributed by atoms with E-state index in [1.165, 1.54) is 18.9 Å². The van der Waals surface area contributed by atoms with Crippen LogP contribution in [0.25, 0.3) is 0 Å². The van der Waals surface area contributed by atoms with Crippen molar-refractivity contribution in [3.05, 3.63) is 40.6 Å². The van der Waals surface area contributed by atoms with E-state index in [0.717, 1.165) is 37.6 Å². The topological polar surface area (TPSA) is 45.2 Å². The van der Waals surface area contributed by atoms with Gasteiger partial charge in [-0.05, 0) is 53.7 Å². The Hall–Kier alpha value is -1.76. The van der Waals surface area contributed by atoms with Crippen LogP contribution in [0.4, 0.5) is 16.0 Å². The Kier molecular flexibility index (Phi) is 4.58. The molecule has 0 radical (unpaired) electrons. The number of nitrogens with zero attached hydrogens (tertiary/aromatic N) is 5. The maximum atomic E-state index is 14.1. The summed E-state index contributed by atoms with van der Waals surface area (Å²) in [4.78, 5) is 17.6. The van der Waals surface area contributed by atoms with E-state index in [1.54, 1.807) is 6.20 Å². The molecule has 1 saturated heterocycles. The van der Waals surface area contributed by atoms with Gasteiger partial charge in [-0.15, -0.1) is 0 Å². The fourth-order valence-electron chi connectivity index (χ4n) is 3.39. The number of piperidine rings is 1. The first-order valence-corrected chi connectivity index (χ1v) is 9.53. The zero-order valence-electron chi connectivity index (χ0n) is 14.2. The van der Waals surface area contributed by atoms with Gasteiger partial charge in [0.25, 0.3) is 0 Å². The smallest absolute Gasteiger partial charge is 0.166 e. The predicted molar refractivity (Wildman–Crippen MR) is 99.5 cm³/mol. The second kappa shape index (κ2) is 6.86. The second-order valence-electron chi connectivity index (χ2n) is 6.84. The minimum Gasteiger partial charge on any atom is -0.356 e. The van der Waals surface area contributed by atoms with E-state index in [9.17, 15) is 4.39 Å². The van der Waals surface area contributed by atoms with Crippen LogP contribution in [0.3, 0.4) is 0 Å². The molecule has 4 rings (SSSR count). The average Bonchev–Trinajstić information content (AvgIpc) is 3.47. The molecular formula is C18H21BrFN5. The fraction of sp³-hybridized carbons (Fsp3) is 0.500. The van der Waals surface area contributed by atoms with Gasteiger partial charge in [0.1, 0.15) is 11.6 Å². The molecule has 5 nitrogen and oxygen atoms in total.